The van der Waals surface area contributed by atoms with E-state index in [9.17, 15) is 9.18 Å². The Kier molecular flexibility index (Phi) is 9.11. The second-order valence-corrected chi connectivity index (χ2v) is 10.2. The van der Waals surface area contributed by atoms with Crippen LogP contribution in [0.2, 0.25) is 0 Å². The predicted octanol–water partition coefficient (Wildman–Crippen LogP) is 6.48. The van der Waals surface area contributed by atoms with Gasteiger partial charge >= 0.3 is 3.92 Å². The Morgan fingerprint density at radius 2 is 1.66 bits per heavy atom. The summed E-state index contributed by atoms with van der Waals surface area (Å²) < 4.78 is 38.6. The summed E-state index contributed by atoms with van der Waals surface area (Å²) in [6, 6.07) is 12.9. The standard InChI is InChI=1S/C21H15BrCl2F2N4O4S/c1-30(35-21(23,24)26)20(31)17(29-32-2)12-7-3-5-9-14(12)33-18-16(25)19(28-11-27-18)34-15-10-6-4-8-13(15)22/h3-11H,1-2H3/b29-17+. The van der Waals surface area contributed by atoms with Crippen molar-refractivity contribution in [3.63, 3.8) is 0 Å². The lowest BCUT2D eigenvalue weighted by Gasteiger charge is -2.20. The van der Waals surface area contributed by atoms with Crippen LogP contribution in [0.25, 0.3) is 0 Å². The van der Waals surface area contributed by atoms with Crippen LogP contribution in [-0.2, 0) is 9.63 Å². The molecule has 0 saturated heterocycles. The average molecular weight is 608 g/mol. The van der Waals surface area contributed by atoms with Gasteiger partial charge < -0.3 is 14.3 Å². The van der Waals surface area contributed by atoms with Crippen LogP contribution in [0, 0.1) is 5.82 Å². The summed E-state index contributed by atoms with van der Waals surface area (Å²) >= 11 is 14.2. The van der Waals surface area contributed by atoms with Crippen molar-refractivity contribution in [1.29, 1.82) is 0 Å². The Labute approximate surface area is 221 Å². The first-order chi connectivity index (χ1) is 16.6. The number of rotatable bonds is 9. The minimum Gasteiger partial charge on any atom is -0.436 e. The lowest BCUT2D eigenvalue weighted by molar-refractivity contribution is -0.118. The van der Waals surface area contributed by atoms with Gasteiger partial charge in [0, 0.05) is 19.0 Å². The molecule has 0 spiro atoms. The highest BCUT2D eigenvalue weighted by atomic mass is 79.9. The summed E-state index contributed by atoms with van der Waals surface area (Å²) in [4.78, 5) is 25.3. The number of para-hydroxylation sites is 2. The third-order valence-electron chi connectivity index (χ3n) is 4.03. The third kappa shape index (κ3) is 7.17. The summed E-state index contributed by atoms with van der Waals surface area (Å²) in [6.45, 7) is 0. The molecule has 0 aliphatic rings. The van der Waals surface area contributed by atoms with E-state index in [0.717, 1.165) is 10.6 Å². The van der Waals surface area contributed by atoms with Crippen molar-refractivity contribution in [1.82, 2.24) is 14.3 Å². The van der Waals surface area contributed by atoms with Crippen LogP contribution in [0.15, 0.2) is 64.5 Å². The van der Waals surface area contributed by atoms with Gasteiger partial charge in [0.1, 0.15) is 24.9 Å². The first-order valence-electron chi connectivity index (χ1n) is 9.46. The molecule has 0 saturated carbocycles. The molecule has 0 aliphatic carbocycles. The lowest BCUT2D eigenvalue weighted by Crippen LogP contribution is -2.31. The van der Waals surface area contributed by atoms with Crippen molar-refractivity contribution in [3.8, 4) is 23.3 Å². The van der Waals surface area contributed by atoms with Crippen LogP contribution in [0.4, 0.5) is 8.78 Å². The molecule has 0 bridgehead atoms. The van der Waals surface area contributed by atoms with Crippen molar-refractivity contribution < 1.29 is 27.9 Å². The van der Waals surface area contributed by atoms with E-state index in [0.29, 0.717) is 10.2 Å². The molecule has 0 fully saturated rings. The van der Waals surface area contributed by atoms with Crippen LogP contribution in [0.5, 0.6) is 23.3 Å². The molecule has 0 unspecified atom stereocenters. The van der Waals surface area contributed by atoms with Gasteiger partial charge in [-0.3, -0.25) is 9.10 Å². The van der Waals surface area contributed by atoms with Gasteiger partial charge in [-0.25, -0.2) is 0 Å². The molecule has 184 valence electrons. The minimum absolute atomic E-state index is 0.0113. The number of halogens is 5. The maximum atomic E-state index is 15.1. The first-order valence-corrected chi connectivity index (χ1v) is 11.8. The van der Waals surface area contributed by atoms with Gasteiger partial charge in [0.2, 0.25) is 5.82 Å². The van der Waals surface area contributed by atoms with Gasteiger partial charge in [0.25, 0.3) is 17.7 Å². The number of aromatic nitrogens is 2. The van der Waals surface area contributed by atoms with Gasteiger partial charge in [-0.2, -0.15) is 18.7 Å². The molecule has 35 heavy (non-hydrogen) atoms. The predicted molar refractivity (Wildman–Crippen MR) is 132 cm³/mol. The smallest absolute Gasteiger partial charge is 0.323 e. The zero-order chi connectivity index (χ0) is 25.6. The lowest BCUT2D eigenvalue weighted by atomic mass is 10.1. The van der Waals surface area contributed by atoms with Crippen molar-refractivity contribution in [2.75, 3.05) is 14.2 Å². The van der Waals surface area contributed by atoms with E-state index in [1.165, 1.54) is 26.3 Å². The number of carbonyl (C=O) groups excluding carboxylic acids is 1. The van der Waals surface area contributed by atoms with Crippen LogP contribution in [0.3, 0.4) is 0 Å². The fourth-order valence-corrected chi connectivity index (χ4v) is 4.08. The van der Waals surface area contributed by atoms with Crippen molar-refractivity contribution in [3.05, 3.63) is 70.7 Å². The molecule has 0 aliphatic heterocycles. The van der Waals surface area contributed by atoms with E-state index in [1.807, 2.05) is 0 Å². The molecule has 1 aromatic heterocycles. The van der Waals surface area contributed by atoms with E-state index in [4.69, 9.17) is 37.5 Å². The maximum absolute atomic E-state index is 15.1. The third-order valence-corrected chi connectivity index (χ3v) is 5.75. The summed E-state index contributed by atoms with van der Waals surface area (Å²) in [5, 5.41) is 3.72. The topological polar surface area (TPSA) is 86.1 Å². The molecular weight excluding hydrogens is 593 g/mol. The highest BCUT2D eigenvalue weighted by molar-refractivity contribution is 9.10. The second kappa shape index (κ2) is 11.8. The molecule has 2 aromatic carbocycles. The van der Waals surface area contributed by atoms with Gasteiger partial charge in [0.15, 0.2) is 5.71 Å². The summed E-state index contributed by atoms with van der Waals surface area (Å²) in [5.74, 6) is -2.37. The number of benzene rings is 2. The van der Waals surface area contributed by atoms with Crippen molar-refractivity contribution >= 4 is 62.7 Å². The zero-order valence-electron chi connectivity index (χ0n) is 17.9. The van der Waals surface area contributed by atoms with E-state index in [2.05, 4.69) is 31.1 Å². The molecule has 1 amide bonds. The highest BCUT2D eigenvalue weighted by Gasteiger charge is 2.32. The van der Waals surface area contributed by atoms with E-state index in [1.54, 1.807) is 36.4 Å². The van der Waals surface area contributed by atoms with Crippen LogP contribution >= 0.6 is 51.1 Å². The second-order valence-electron chi connectivity index (χ2n) is 6.39. The maximum Gasteiger partial charge on any atom is 0.323 e. The minimum atomic E-state index is -2.77. The Balaban J connectivity index is 1.94. The number of hydrogen-bond acceptors (Lipinski definition) is 8. The van der Waals surface area contributed by atoms with Gasteiger partial charge in [0.05, 0.1) is 10.0 Å². The number of amides is 1. The molecule has 3 rings (SSSR count). The van der Waals surface area contributed by atoms with Crippen LogP contribution < -0.4 is 9.47 Å². The summed E-state index contributed by atoms with van der Waals surface area (Å²) in [7, 11) is 2.44. The number of alkyl halides is 3. The fraction of sp³-hybridized carbons (Fsp3) is 0.143. The summed E-state index contributed by atoms with van der Waals surface area (Å²) in [5.41, 5.74) is -0.207. The molecule has 3 aromatic rings. The van der Waals surface area contributed by atoms with Gasteiger partial charge in [-0.15, -0.1) is 0 Å². The highest BCUT2D eigenvalue weighted by Crippen LogP contribution is 2.38. The van der Waals surface area contributed by atoms with Gasteiger partial charge in [-0.1, -0.05) is 52.6 Å². The quantitative estimate of drug-likeness (QED) is 0.119. The largest absolute Gasteiger partial charge is 0.436 e. The molecule has 8 nitrogen and oxygen atoms in total. The average Bonchev–Trinajstić information content (AvgIpc) is 2.80. The van der Waals surface area contributed by atoms with Crippen molar-refractivity contribution in [2.24, 2.45) is 5.16 Å². The normalized spacial score (nSPS) is 11.7. The zero-order valence-corrected chi connectivity index (χ0v) is 21.8. The molecule has 0 N–H and O–H groups in total. The van der Waals surface area contributed by atoms with Crippen LogP contribution in [0.1, 0.15) is 5.56 Å². The number of oxime groups is 1. The number of carbonyl (C=O) groups is 1. The van der Waals surface area contributed by atoms with E-state index in [-0.39, 0.29) is 34.9 Å². The Hall–Kier alpha value is -2.67. The Morgan fingerprint density at radius 3 is 2.26 bits per heavy atom. The van der Waals surface area contributed by atoms with E-state index >= 15 is 4.39 Å². The number of likely N-dealkylation sites (N-methyl/N-ethyl adjacent to an activating group) is 1. The number of ether oxygens (including phenoxy) is 2. The molecule has 14 heteroatoms. The molecule has 0 atom stereocenters. The number of nitrogens with zero attached hydrogens (tertiary/aromatic N) is 4. The number of hydrogen-bond donors (Lipinski definition) is 0. The SMILES string of the molecule is CO/N=C(/C(=O)N(C)SC(F)(Cl)Cl)c1ccccc1Oc1ncnc(Oc2ccccc2Br)c1F. The monoisotopic (exact) mass is 606 g/mol. The van der Waals surface area contributed by atoms with E-state index < -0.39 is 21.5 Å². The van der Waals surface area contributed by atoms with Gasteiger partial charge in [-0.05, 0) is 40.2 Å². The Morgan fingerprint density at radius 1 is 1.09 bits per heavy atom. The first kappa shape index (κ1) is 26.9. The molecule has 0 radical (unpaired) electrons. The summed E-state index contributed by atoms with van der Waals surface area (Å²) in [6.07, 6.45) is 1.05. The molecular formula is C21H15BrCl2F2N4O4S. The molecule has 1 heterocycles. The van der Waals surface area contributed by atoms with Crippen LogP contribution in [-0.4, -0.2) is 44.0 Å². The Bertz CT molecular complexity index is 1250. The van der Waals surface area contributed by atoms with Crippen molar-refractivity contribution in [2.45, 2.75) is 3.92 Å². The fourth-order valence-electron chi connectivity index (χ4n) is 2.61.